The van der Waals surface area contributed by atoms with Crippen molar-refractivity contribution in [3.63, 3.8) is 0 Å². The van der Waals surface area contributed by atoms with Crippen LogP contribution < -0.4 is 0 Å². The minimum absolute atomic E-state index is 0.252. The lowest BCUT2D eigenvalue weighted by molar-refractivity contribution is 0.192. The van der Waals surface area contributed by atoms with Gasteiger partial charge < -0.3 is 0 Å². The summed E-state index contributed by atoms with van der Waals surface area (Å²) in [6.07, 6.45) is 7.19. The normalized spacial score (nSPS) is 33.0. The second kappa shape index (κ2) is 4.10. The summed E-state index contributed by atoms with van der Waals surface area (Å²) in [7, 11) is 0. The lowest BCUT2D eigenvalue weighted by atomic mass is 9.63. The zero-order valence-corrected chi connectivity index (χ0v) is 13.7. The van der Waals surface area contributed by atoms with Gasteiger partial charge in [0.05, 0.1) is 0 Å². The molecule has 2 heterocycles. The molecule has 0 saturated carbocycles. The Morgan fingerprint density at radius 1 is 1.10 bits per heavy atom. The summed E-state index contributed by atoms with van der Waals surface area (Å²) < 4.78 is 0. The molecule has 0 amide bonds. The first-order chi connectivity index (χ1) is 9.95. The van der Waals surface area contributed by atoms with E-state index >= 15 is 0 Å². The number of nitrogens with zero attached hydrogens (tertiary/aromatic N) is 1. The van der Waals surface area contributed by atoms with E-state index in [0.29, 0.717) is 6.04 Å². The van der Waals surface area contributed by atoms with Crippen LogP contribution >= 0.6 is 0 Å². The van der Waals surface area contributed by atoms with Gasteiger partial charge in [0, 0.05) is 24.5 Å². The predicted molar refractivity (Wildman–Crippen MR) is 88.8 cm³/mol. The van der Waals surface area contributed by atoms with Crippen molar-refractivity contribution in [1.29, 1.82) is 0 Å². The van der Waals surface area contributed by atoms with Crippen LogP contribution in [-0.2, 0) is 12.0 Å². The third-order valence-corrected chi connectivity index (χ3v) is 6.56. The van der Waals surface area contributed by atoms with Crippen LogP contribution in [0.3, 0.4) is 0 Å². The number of fused-ring (bicyclic) bond motifs is 1. The van der Waals surface area contributed by atoms with E-state index < -0.39 is 0 Å². The molecule has 21 heavy (non-hydrogen) atoms. The van der Waals surface area contributed by atoms with Crippen LogP contribution in [0.4, 0.5) is 0 Å². The summed E-state index contributed by atoms with van der Waals surface area (Å²) in [5.74, 6) is 0. The lowest BCUT2D eigenvalue weighted by Gasteiger charge is -2.46. The minimum Gasteiger partial charge on any atom is -0.295 e. The monoisotopic (exact) mass is 279 g/mol. The molecule has 0 N–H and O–H groups in total. The number of hydrogen-bond acceptors (Lipinski definition) is 1. The van der Waals surface area contributed by atoms with Crippen LogP contribution in [0.25, 0.3) is 0 Å². The molecule has 3 unspecified atom stereocenters. The van der Waals surface area contributed by atoms with Crippen LogP contribution in [0.15, 0.2) is 24.3 Å². The molecule has 3 aliphatic rings. The van der Waals surface area contributed by atoms with Gasteiger partial charge in [0.15, 0.2) is 0 Å². The molecule has 1 nitrogen and oxygen atoms in total. The summed E-state index contributed by atoms with van der Waals surface area (Å²) in [6, 6.07) is 0.641. The summed E-state index contributed by atoms with van der Waals surface area (Å²) >= 11 is 0. The van der Waals surface area contributed by atoms with E-state index in [1.54, 1.807) is 11.1 Å². The third-order valence-electron chi connectivity index (χ3n) is 6.56. The first-order valence-electron chi connectivity index (χ1n) is 8.16. The molecular weight excluding hydrogens is 254 g/mol. The van der Waals surface area contributed by atoms with Gasteiger partial charge in [-0.05, 0) is 73.9 Å². The molecule has 2 bridgehead atoms. The van der Waals surface area contributed by atoms with Crippen molar-refractivity contribution < 1.29 is 0 Å². The van der Waals surface area contributed by atoms with Gasteiger partial charge in [-0.1, -0.05) is 24.3 Å². The van der Waals surface area contributed by atoms with Crippen LogP contribution in [0.2, 0.25) is 0 Å². The van der Waals surface area contributed by atoms with E-state index in [4.69, 9.17) is 0 Å². The van der Waals surface area contributed by atoms with Crippen LogP contribution in [0, 0.1) is 27.7 Å². The number of hydrogen-bond donors (Lipinski definition) is 0. The zero-order chi connectivity index (χ0) is 14.9. The van der Waals surface area contributed by atoms with Crippen molar-refractivity contribution in [3.05, 3.63) is 57.7 Å². The van der Waals surface area contributed by atoms with Crippen molar-refractivity contribution in [1.82, 2.24) is 4.90 Å². The SMILES string of the molecule is C=C1C=CC23CCN(Cc4c(C)c(C)c(C)c(C)c42)C3C1. The molecule has 3 atom stereocenters. The first-order valence-corrected chi connectivity index (χ1v) is 8.16. The van der Waals surface area contributed by atoms with Gasteiger partial charge in [-0.2, -0.15) is 0 Å². The van der Waals surface area contributed by atoms with Crippen molar-refractivity contribution in [2.75, 3.05) is 6.54 Å². The second-order valence-corrected chi connectivity index (χ2v) is 7.33. The maximum absolute atomic E-state index is 4.21. The summed E-state index contributed by atoms with van der Waals surface area (Å²) in [6.45, 7) is 15.8. The minimum atomic E-state index is 0.252. The second-order valence-electron chi connectivity index (χ2n) is 7.33. The Morgan fingerprint density at radius 3 is 2.57 bits per heavy atom. The molecule has 1 fully saturated rings. The zero-order valence-electron chi connectivity index (χ0n) is 13.7. The molecule has 0 spiro atoms. The van der Waals surface area contributed by atoms with E-state index in [9.17, 15) is 0 Å². The summed E-state index contributed by atoms with van der Waals surface area (Å²) in [5, 5.41) is 0. The Morgan fingerprint density at radius 2 is 1.81 bits per heavy atom. The number of allylic oxidation sites excluding steroid dienone is 1. The molecule has 1 heteroatoms. The standard InChI is InChI=1S/C20H25N/c1-12-6-7-20-8-9-21(18(20)10-12)11-17-15(4)13(2)14(3)16(5)19(17)20/h6-7,18H,1,8-11H2,2-5H3. The van der Waals surface area contributed by atoms with Gasteiger partial charge in [0.25, 0.3) is 0 Å². The fraction of sp³-hybridized carbons (Fsp3) is 0.500. The average Bonchev–Trinajstić information content (AvgIpc) is 2.73. The maximum Gasteiger partial charge on any atom is 0.0312 e. The van der Waals surface area contributed by atoms with Crippen molar-refractivity contribution in [2.45, 2.75) is 58.5 Å². The van der Waals surface area contributed by atoms with Gasteiger partial charge in [-0.25, -0.2) is 0 Å². The molecule has 4 rings (SSSR count). The van der Waals surface area contributed by atoms with E-state index in [2.05, 4.69) is 51.3 Å². The average molecular weight is 279 g/mol. The fourth-order valence-electron chi connectivity index (χ4n) is 5.05. The van der Waals surface area contributed by atoms with E-state index in [1.807, 2.05) is 0 Å². The Kier molecular flexibility index (Phi) is 2.60. The number of rotatable bonds is 0. The smallest absolute Gasteiger partial charge is 0.0312 e. The highest BCUT2D eigenvalue weighted by Gasteiger charge is 2.53. The number of benzene rings is 1. The van der Waals surface area contributed by atoms with Crippen molar-refractivity contribution in [2.24, 2.45) is 0 Å². The summed E-state index contributed by atoms with van der Waals surface area (Å²) in [4.78, 5) is 2.71. The van der Waals surface area contributed by atoms with Crippen LogP contribution in [-0.4, -0.2) is 17.5 Å². The molecule has 1 aromatic rings. The molecule has 0 aromatic heterocycles. The Labute approximate surface area is 128 Å². The molecule has 1 aliphatic carbocycles. The van der Waals surface area contributed by atoms with Crippen LogP contribution in [0.5, 0.6) is 0 Å². The van der Waals surface area contributed by atoms with Gasteiger partial charge in [-0.15, -0.1) is 0 Å². The summed E-state index contributed by atoms with van der Waals surface area (Å²) in [5.41, 5.74) is 10.9. The predicted octanol–water partition coefficient (Wildman–Crippen LogP) is 4.26. The van der Waals surface area contributed by atoms with Gasteiger partial charge in [-0.3, -0.25) is 4.90 Å². The Balaban J connectivity index is 2.06. The highest BCUT2D eigenvalue weighted by molar-refractivity contribution is 5.59. The fourth-order valence-corrected chi connectivity index (χ4v) is 5.05. The van der Waals surface area contributed by atoms with E-state index in [0.717, 1.165) is 13.0 Å². The van der Waals surface area contributed by atoms with Crippen LogP contribution in [0.1, 0.15) is 46.2 Å². The molecule has 2 aliphatic heterocycles. The van der Waals surface area contributed by atoms with Gasteiger partial charge in [0.2, 0.25) is 0 Å². The van der Waals surface area contributed by atoms with Crippen molar-refractivity contribution in [3.8, 4) is 0 Å². The Hall–Kier alpha value is -1.34. The highest BCUT2D eigenvalue weighted by atomic mass is 15.2. The first kappa shape index (κ1) is 13.3. The van der Waals surface area contributed by atoms with E-state index in [-0.39, 0.29) is 5.41 Å². The topological polar surface area (TPSA) is 3.24 Å². The van der Waals surface area contributed by atoms with Gasteiger partial charge >= 0.3 is 0 Å². The highest BCUT2D eigenvalue weighted by Crippen LogP contribution is 2.53. The largest absolute Gasteiger partial charge is 0.295 e. The Bertz CT molecular complexity index is 695. The molecule has 1 saturated heterocycles. The third kappa shape index (κ3) is 1.51. The van der Waals surface area contributed by atoms with E-state index in [1.165, 1.54) is 40.8 Å². The molecule has 110 valence electrons. The molecular formula is C20H25N. The quantitative estimate of drug-likeness (QED) is 0.686. The molecule has 1 aromatic carbocycles. The lowest BCUT2D eigenvalue weighted by Crippen LogP contribution is -2.48. The molecule has 0 radical (unpaired) electrons. The maximum atomic E-state index is 4.21. The van der Waals surface area contributed by atoms with Crippen molar-refractivity contribution >= 4 is 0 Å². The van der Waals surface area contributed by atoms with Gasteiger partial charge in [0.1, 0.15) is 0 Å².